The Balaban J connectivity index is 0.00000306. The minimum atomic E-state index is -0.00977. The van der Waals surface area contributed by atoms with Crippen LogP contribution in [0.25, 0.3) is 0 Å². The second kappa shape index (κ2) is 12.1. The smallest absolute Gasteiger partial charge is 0.321 e. The van der Waals surface area contributed by atoms with E-state index < -0.39 is 0 Å². The van der Waals surface area contributed by atoms with E-state index in [2.05, 4.69) is 63.1 Å². The van der Waals surface area contributed by atoms with Crippen molar-refractivity contribution in [3.8, 4) is 0 Å². The van der Waals surface area contributed by atoms with Crippen molar-refractivity contribution in [3.05, 3.63) is 59.7 Å². The van der Waals surface area contributed by atoms with Crippen LogP contribution in [0.5, 0.6) is 0 Å². The van der Waals surface area contributed by atoms with Gasteiger partial charge < -0.3 is 25.8 Å². The molecule has 1 unspecified atom stereocenters. The van der Waals surface area contributed by atoms with Crippen LogP contribution in [0.1, 0.15) is 30.4 Å². The van der Waals surface area contributed by atoms with Gasteiger partial charge in [-0.25, -0.2) is 4.79 Å². The minimum absolute atomic E-state index is 0. The number of nitrogens with zero attached hydrogens (tertiary/aromatic N) is 3. The van der Waals surface area contributed by atoms with Crippen molar-refractivity contribution in [2.75, 3.05) is 43.4 Å². The number of rotatable bonds is 5. The maximum atomic E-state index is 12.3. The molecule has 2 amide bonds. The molecule has 2 fully saturated rings. The monoisotopic (exact) mass is 562 g/mol. The number of aryl methyl sites for hydroxylation is 1. The Bertz CT molecular complexity index is 942. The number of amides is 2. The number of guanidine groups is 1. The largest absolute Gasteiger partial charge is 0.369 e. The first-order valence-corrected chi connectivity index (χ1v) is 11.5. The van der Waals surface area contributed by atoms with E-state index in [0.717, 1.165) is 62.7 Å². The predicted octanol–water partition coefficient (Wildman–Crippen LogP) is 4.18. The second-order valence-electron chi connectivity index (χ2n) is 8.66. The first-order chi connectivity index (χ1) is 15.6. The van der Waals surface area contributed by atoms with Gasteiger partial charge in [0.2, 0.25) is 0 Å². The quantitative estimate of drug-likeness (QED) is 0.291. The molecule has 2 aliphatic rings. The van der Waals surface area contributed by atoms with E-state index >= 15 is 0 Å². The van der Waals surface area contributed by atoms with Crippen molar-refractivity contribution in [1.82, 2.24) is 15.5 Å². The lowest BCUT2D eigenvalue weighted by Crippen LogP contribution is -2.44. The molecule has 0 bridgehead atoms. The molecule has 3 N–H and O–H groups in total. The lowest BCUT2D eigenvalue weighted by atomic mass is 10.2. The first-order valence-electron chi connectivity index (χ1n) is 11.5. The normalized spacial score (nSPS) is 18.1. The summed E-state index contributed by atoms with van der Waals surface area (Å²) < 4.78 is 0. The highest BCUT2D eigenvalue weighted by Gasteiger charge is 2.23. The Morgan fingerprint density at radius 3 is 2.58 bits per heavy atom. The van der Waals surface area contributed by atoms with E-state index in [-0.39, 0.29) is 30.0 Å². The van der Waals surface area contributed by atoms with Crippen LogP contribution in [0.15, 0.2) is 53.5 Å². The lowest BCUT2D eigenvalue weighted by Gasteiger charge is -2.21. The van der Waals surface area contributed by atoms with Crippen LogP contribution < -0.4 is 20.9 Å². The third-order valence-corrected chi connectivity index (χ3v) is 6.18. The average molecular weight is 563 g/mol. The molecule has 2 aliphatic heterocycles. The highest BCUT2D eigenvalue weighted by Crippen LogP contribution is 2.21. The van der Waals surface area contributed by atoms with Gasteiger partial charge in [0.25, 0.3) is 0 Å². The summed E-state index contributed by atoms with van der Waals surface area (Å²) in [6.45, 7) is 6.44. The molecule has 2 aromatic carbocycles. The number of carbonyl (C=O) groups excluding carboxylic acids is 1. The number of nitrogens with one attached hydrogen (secondary N) is 3. The zero-order valence-corrected chi connectivity index (χ0v) is 21.8. The molecular weight excluding hydrogens is 527 g/mol. The number of benzene rings is 2. The Hall–Kier alpha value is -2.49. The molecule has 0 saturated carbocycles. The average Bonchev–Trinajstić information content (AvgIpc) is 3.50. The molecule has 1 atom stereocenters. The van der Waals surface area contributed by atoms with E-state index in [1.807, 2.05) is 23.1 Å². The van der Waals surface area contributed by atoms with Crippen LogP contribution >= 0.6 is 24.0 Å². The van der Waals surface area contributed by atoms with Crippen LogP contribution in [-0.2, 0) is 6.54 Å². The molecule has 0 radical (unpaired) electrons. The number of anilines is 2. The molecule has 7 nitrogen and oxygen atoms in total. The van der Waals surface area contributed by atoms with Crippen molar-refractivity contribution >= 4 is 47.3 Å². The predicted molar refractivity (Wildman–Crippen MR) is 147 cm³/mol. The molecule has 0 aromatic heterocycles. The number of hydrogen-bond acceptors (Lipinski definition) is 3. The Labute approximate surface area is 214 Å². The van der Waals surface area contributed by atoms with Crippen LogP contribution in [0.4, 0.5) is 16.2 Å². The van der Waals surface area contributed by atoms with Crippen molar-refractivity contribution < 1.29 is 4.79 Å². The van der Waals surface area contributed by atoms with Gasteiger partial charge in [-0.05, 0) is 56.0 Å². The van der Waals surface area contributed by atoms with Gasteiger partial charge in [0.15, 0.2) is 5.96 Å². The molecule has 33 heavy (non-hydrogen) atoms. The summed E-state index contributed by atoms with van der Waals surface area (Å²) in [4.78, 5) is 21.0. The summed E-state index contributed by atoms with van der Waals surface area (Å²) in [5.41, 5.74) is 4.48. The standard InChI is InChI=1S/C25H34N6O.HI/c1-19-8-10-23(11-9-19)31-15-12-22(18-31)28-24(26-2)27-17-20-6-5-7-21(16-20)29-25(32)30-13-3-4-14-30;/h5-11,16,22H,3-4,12-15,17-18H2,1-2H3,(H,29,32)(H2,26,27,28);1H. The topological polar surface area (TPSA) is 72.0 Å². The summed E-state index contributed by atoms with van der Waals surface area (Å²) in [6.07, 6.45) is 3.26. The number of halogens is 1. The fourth-order valence-corrected chi connectivity index (χ4v) is 4.32. The molecule has 2 aromatic rings. The van der Waals surface area contributed by atoms with Gasteiger partial charge in [0.1, 0.15) is 0 Å². The molecule has 2 heterocycles. The Morgan fingerprint density at radius 1 is 1.09 bits per heavy atom. The molecule has 0 spiro atoms. The van der Waals surface area contributed by atoms with Crippen LogP contribution in [0.2, 0.25) is 0 Å². The molecule has 0 aliphatic carbocycles. The number of aliphatic imine (C=N–C) groups is 1. The summed E-state index contributed by atoms with van der Waals surface area (Å²) in [5, 5.41) is 9.98. The highest BCUT2D eigenvalue weighted by atomic mass is 127. The van der Waals surface area contributed by atoms with Crippen molar-refractivity contribution in [2.45, 2.75) is 38.8 Å². The minimum Gasteiger partial charge on any atom is -0.369 e. The lowest BCUT2D eigenvalue weighted by molar-refractivity contribution is 0.222. The van der Waals surface area contributed by atoms with E-state index in [0.29, 0.717) is 12.6 Å². The van der Waals surface area contributed by atoms with Gasteiger partial charge in [0, 0.05) is 57.2 Å². The van der Waals surface area contributed by atoms with E-state index in [9.17, 15) is 4.79 Å². The van der Waals surface area contributed by atoms with Gasteiger partial charge in [0.05, 0.1) is 0 Å². The van der Waals surface area contributed by atoms with E-state index in [1.54, 1.807) is 7.05 Å². The van der Waals surface area contributed by atoms with Crippen molar-refractivity contribution in [2.24, 2.45) is 4.99 Å². The molecular formula is C25H35IN6O. The molecule has 4 rings (SSSR count). The van der Waals surface area contributed by atoms with Gasteiger partial charge in [-0.15, -0.1) is 24.0 Å². The molecule has 8 heteroatoms. The third kappa shape index (κ3) is 6.99. The summed E-state index contributed by atoms with van der Waals surface area (Å²) >= 11 is 0. The highest BCUT2D eigenvalue weighted by molar-refractivity contribution is 14.0. The Morgan fingerprint density at radius 2 is 1.85 bits per heavy atom. The van der Waals surface area contributed by atoms with Gasteiger partial charge in [-0.2, -0.15) is 0 Å². The van der Waals surface area contributed by atoms with Gasteiger partial charge >= 0.3 is 6.03 Å². The number of carbonyl (C=O) groups is 1. The summed E-state index contributed by atoms with van der Waals surface area (Å²) in [5.74, 6) is 0.798. The zero-order valence-electron chi connectivity index (χ0n) is 19.5. The maximum absolute atomic E-state index is 12.3. The summed E-state index contributed by atoms with van der Waals surface area (Å²) in [7, 11) is 1.80. The molecule has 2 saturated heterocycles. The zero-order chi connectivity index (χ0) is 22.3. The van der Waals surface area contributed by atoms with Gasteiger partial charge in [-0.1, -0.05) is 29.8 Å². The van der Waals surface area contributed by atoms with E-state index in [1.165, 1.54) is 11.3 Å². The number of urea groups is 1. The fourth-order valence-electron chi connectivity index (χ4n) is 4.32. The number of likely N-dealkylation sites (tertiary alicyclic amines) is 1. The van der Waals surface area contributed by atoms with Gasteiger partial charge in [-0.3, -0.25) is 4.99 Å². The first kappa shape index (κ1) is 25.1. The SMILES string of the molecule is CN=C(NCc1cccc(NC(=O)N2CCCC2)c1)NC1CCN(c2ccc(C)cc2)C1.I. The Kier molecular flexibility index (Phi) is 9.22. The van der Waals surface area contributed by atoms with Crippen LogP contribution in [-0.4, -0.2) is 56.2 Å². The van der Waals surface area contributed by atoms with Crippen LogP contribution in [0.3, 0.4) is 0 Å². The number of hydrogen-bond donors (Lipinski definition) is 3. The summed E-state index contributed by atoms with van der Waals surface area (Å²) in [6, 6.07) is 17.0. The van der Waals surface area contributed by atoms with Crippen molar-refractivity contribution in [1.29, 1.82) is 0 Å². The molecule has 178 valence electrons. The van der Waals surface area contributed by atoms with Crippen LogP contribution in [0, 0.1) is 6.92 Å². The second-order valence-corrected chi connectivity index (χ2v) is 8.66. The van der Waals surface area contributed by atoms with E-state index in [4.69, 9.17) is 0 Å². The third-order valence-electron chi connectivity index (χ3n) is 6.18. The maximum Gasteiger partial charge on any atom is 0.321 e. The van der Waals surface area contributed by atoms with Crippen molar-refractivity contribution in [3.63, 3.8) is 0 Å². The fraction of sp³-hybridized carbons (Fsp3) is 0.440.